The molecule has 0 fully saturated rings. The molecule has 0 spiro atoms. The van der Waals surface area contributed by atoms with Gasteiger partial charge in [-0.1, -0.05) is 18.2 Å². The molecule has 0 unspecified atom stereocenters. The maximum absolute atomic E-state index is 12.5. The number of imide groups is 1. The smallest absolute Gasteiger partial charge is 0.334 e. The average molecular weight is 329 g/mol. The molecule has 3 amide bonds. The van der Waals surface area contributed by atoms with E-state index in [1.54, 1.807) is 11.9 Å². The second-order valence-electron chi connectivity index (χ2n) is 4.91. The summed E-state index contributed by atoms with van der Waals surface area (Å²) in [5.74, 6) is -0.513. The summed E-state index contributed by atoms with van der Waals surface area (Å²) in [7, 11) is 1.62. The monoisotopic (exact) mass is 329 g/mol. The van der Waals surface area contributed by atoms with Crippen LogP contribution in [-0.2, 0) is 17.5 Å². The van der Waals surface area contributed by atoms with Gasteiger partial charge in [0.15, 0.2) is 0 Å². The van der Waals surface area contributed by atoms with Crippen molar-refractivity contribution in [2.45, 2.75) is 12.7 Å². The van der Waals surface area contributed by atoms with E-state index in [0.717, 1.165) is 12.1 Å². The fourth-order valence-electron chi connectivity index (χ4n) is 1.79. The van der Waals surface area contributed by atoms with E-state index >= 15 is 0 Å². The summed E-state index contributed by atoms with van der Waals surface area (Å²) in [6, 6.07) is 4.07. The Hall–Kier alpha value is -2.35. The van der Waals surface area contributed by atoms with E-state index < -0.39 is 23.7 Å². The quantitative estimate of drug-likeness (QED) is 0.786. The summed E-state index contributed by atoms with van der Waals surface area (Å²) in [6.45, 7) is 3.87. The molecule has 0 saturated heterocycles. The Morgan fingerprint density at radius 2 is 1.87 bits per heavy atom. The number of nitrogens with one attached hydrogen (secondary N) is 2. The summed E-state index contributed by atoms with van der Waals surface area (Å²) >= 11 is 0. The third-order valence-corrected chi connectivity index (χ3v) is 2.81. The number of rotatable bonds is 6. The number of carbonyl (C=O) groups is 2. The second kappa shape index (κ2) is 8.33. The van der Waals surface area contributed by atoms with Gasteiger partial charge in [0.2, 0.25) is 5.91 Å². The summed E-state index contributed by atoms with van der Waals surface area (Å²) < 4.78 is 37.4. The number of benzene rings is 1. The van der Waals surface area contributed by atoms with E-state index in [0.29, 0.717) is 5.56 Å². The minimum atomic E-state index is -4.37. The first-order valence-electron chi connectivity index (χ1n) is 6.75. The zero-order chi connectivity index (χ0) is 17.5. The van der Waals surface area contributed by atoms with Gasteiger partial charge in [0, 0.05) is 13.1 Å². The Balaban J connectivity index is 2.47. The van der Waals surface area contributed by atoms with Crippen LogP contribution >= 0.6 is 0 Å². The fraction of sp³-hybridized carbons (Fsp3) is 0.333. The van der Waals surface area contributed by atoms with Crippen molar-refractivity contribution in [1.29, 1.82) is 0 Å². The zero-order valence-electron chi connectivity index (χ0n) is 12.6. The van der Waals surface area contributed by atoms with Crippen LogP contribution in [0.1, 0.15) is 11.1 Å². The average Bonchev–Trinajstić information content (AvgIpc) is 2.44. The van der Waals surface area contributed by atoms with E-state index in [1.807, 2.05) is 0 Å². The van der Waals surface area contributed by atoms with Gasteiger partial charge in [-0.3, -0.25) is 15.0 Å². The number of amides is 3. The topological polar surface area (TPSA) is 61.4 Å². The van der Waals surface area contributed by atoms with Gasteiger partial charge in [-0.05, 0) is 24.7 Å². The molecule has 0 radical (unpaired) electrons. The molecular formula is C15H18F3N3O2. The number of halogens is 3. The molecule has 1 rings (SSSR count). The molecular weight excluding hydrogens is 311 g/mol. The summed E-state index contributed by atoms with van der Waals surface area (Å²) in [5, 5.41) is 4.53. The van der Waals surface area contributed by atoms with Crippen LogP contribution in [0.4, 0.5) is 18.0 Å². The molecule has 0 aromatic heterocycles. The lowest BCUT2D eigenvalue weighted by atomic mass is 10.1. The Bertz CT molecular complexity index is 556. The lowest BCUT2D eigenvalue weighted by Gasteiger charge is -2.16. The Morgan fingerprint density at radius 1 is 1.26 bits per heavy atom. The first-order valence-corrected chi connectivity index (χ1v) is 6.75. The molecule has 8 heteroatoms. The summed E-state index contributed by atoms with van der Waals surface area (Å²) in [4.78, 5) is 24.5. The molecule has 5 nitrogen and oxygen atoms in total. The molecule has 1 aromatic carbocycles. The zero-order valence-corrected chi connectivity index (χ0v) is 12.6. The number of nitrogens with zero attached hydrogens (tertiary/aromatic N) is 1. The van der Waals surface area contributed by atoms with Crippen LogP contribution in [0.5, 0.6) is 0 Å². The molecule has 126 valence electrons. The number of hydrogen-bond donors (Lipinski definition) is 2. The number of likely N-dealkylation sites (N-methyl/N-ethyl adjacent to an activating group) is 1. The third kappa shape index (κ3) is 6.96. The third-order valence-electron chi connectivity index (χ3n) is 2.81. The van der Waals surface area contributed by atoms with Gasteiger partial charge in [-0.15, -0.1) is 6.58 Å². The molecule has 1 aromatic rings. The van der Waals surface area contributed by atoms with E-state index in [4.69, 9.17) is 0 Å². The molecule has 0 heterocycles. The highest BCUT2D eigenvalue weighted by Gasteiger charge is 2.29. The highest BCUT2D eigenvalue weighted by atomic mass is 19.4. The first-order chi connectivity index (χ1) is 10.7. The van der Waals surface area contributed by atoms with Gasteiger partial charge in [0.05, 0.1) is 12.1 Å². The highest BCUT2D eigenvalue weighted by Crippen LogP contribution is 2.29. The van der Waals surface area contributed by atoms with Gasteiger partial charge in [-0.2, -0.15) is 13.2 Å². The largest absolute Gasteiger partial charge is 0.416 e. The van der Waals surface area contributed by atoms with Crippen LogP contribution in [0.3, 0.4) is 0 Å². The molecule has 0 aliphatic rings. The molecule has 2 N–H and O–H groups in total. The van der Waals surface area contributed by atoms with Gasteiger partial charge in [0.25, 0.3) is 0 Å². The number of urea groups is 1. The van der Waals surface area contributed by atoms with Crippen molar-refractivity contribution in [2.75, 3.05) is 20.1 Å². The second-order valence-corrected chi connectivity index (χ2v) is 4.91. The normalized spacial score (nSPS) is 11.2. The van der Waals surface area contributed by atoms with Crippen LogP contribution in [0, 0.1) is 0 Å². The van der Waals surface area contributed by atoms with Crippen molar-refractivity contribution in [3.63, 3.8) is 0 Å². The minimum Gasteiger partial charge on any atom is -0.334 e. The van der Waals surface area contributed by atoms with Crippen molar-refractivity contribution < 1.29 is 22.8 Å². The highest BCUT2D eigenvalue weighted by molar-refractivity contribution is 5.95. The Labute approximate surface area is 132 Å². The number of hydrogen-bond acceptors (Lipinski definition) is 3. The molecule has 23 heavy (non-hydrogen) atoms. The van der Waals surface area contributed by atoms with E-state index in [1.165, 1.54) is 18.2 Å². The molecule has 0 aliphatic carbocycles. The van der Waals surface area contributed by atoms with Gasteiger partial charge in [-0.25, -0.2) is 4.79 Å². The van der Waals surface area contributed by atoms with Gasteiger partial charge in [0.1, 0.15) is 0 Å². The lowest BCUT2D eigenvalue weighted by molar-refractivity contribution is -0.137. The standard InChI is InChI=1S/C15H18F3N3O2/c1-3-8-19-14(23)20-13(22)10-21(2)9-11-4-6-12(7-5-11)15(16,17)18/h3-7H,1,8-10H2,2H3,(H2,19,20,22,23). The van der Waals surface area contributed by atoms with E-state index in [-0.39, 0.29) is 19.6 Å². The van der Waals surface area contributed by atoms with Gasteiger partial charge >= 0.3 is 12.2 Å². The molecule has 0 aliphatic heterocycles. The molecule has 0 bridgehead atoms. The predicted octanol–water partition coefficient (Wildman–Crippen LogP) is 2.15. The van der Waals surface area contributed by atoms with Crippen molar-refractivity contribution in [2.24, 2.45) is 0 Å². The van der Waals surface area contributed by atoms with Crippen LogP contribution in [-0.4, -0.2) is 37.0 Å². The molecule has 0 saturated carbocycles. The number of alkyl halides is 3. The summed E-state index contributed by atoms with van der Waals surface area (Å²) in [6.07, 6.45) is -2.90. The van der Waals surface area contributed by atoms with E-state index in [2.05, 4.69) is 17.2 Å². The van der Waals surface area contributed by atoms with Crippen LogP contribution in [0.2, 0.25) is 0 Å². The fourth-order valence-corrected chi connectivity index (χ4v) is 1.79. The Morgan fingerprint density at radius 3 is 2.39 bits per heavy atom. The maximum Gasteiger partial charge on any atom is 0.416 e. The minimum absolute atomic E-state index is 0.0669. The van der Waals surface area contributed by atoms with Crippen molar-refractivity contribution in [1.82, 2.24) is 15.5 Å². The van der Waals surface area contributed by atoms with Gasteiger partial charge < -0.3 is 5.32 Å². The SMILES string of the molecule is C=CCNC(=O)NC(=O)CN(C)Cc1ccc(C(F)(F)F)cc1. The van der Waals surface area contributed by atoms with Crippen LogP contribution in [0.15, 0.2) is 36.9 Å². The predicted molar refractivity (Wildman–Crippen MR) is 79.5 cm³/mol. The first kappa shape index (κ1) is 18.7. The molecule has 0 atom stereocenters. The number of carbonyl (C=O) groups excluding carboxylic acids is 2. The maximum atomic E-state index is 12.5. The Kier molecular flexibility index (Phi) is 6.77. The van der Waals surface area contributed by atoms with Crippen LogP contribution in [0.25, 0.3) is 0 Å². The van der Waals surface area contributed by atoms with Crippen molar-refractivity contribution >= 4 is 11.9 Å². The lowest BCUT2D eigenvalue weighted by Crippen LogP contribution is -2.43. The van der Waals surface area contributed by atoms with E-state index in [9.17, 15) is 22.8 Å². The summed E-state index contributed by atoms with van der Waals surface area (Å²) in [5.41, 5.74) is -0.0926. The van der Waals surface area contributed by atoms with Crippen molar-refractivity contribution in [3.8, 4) is 0 Å². The van der Waals surface area contributed by atoms with Crippen molar-refractivity contribution in [3.05, 3.63) is 48.0 Å². The van der Waals surface area contributed by atoms with Crippen LogP contribution < -0.4 is 10.6 Å².